The van der Waals surface area contributed by atoms with Gasteiger partial charge < -0.3 is 14.6 Å². The van der Waals surface area contributed by atoms with Crippen LogP contribution in [0.2, 0.25) is 0 Å². The zero-order valence-corrected chi connectivity index (χ0v) is 13.2. The molecule has 1 fully saturated rings. The number of aliphatic hydroxyl groups excluding tert-OH is 1. The van der Waals surface area contributed by atoms with E-state index in [2.05, 4.69) is 4.98 Å². The number of rotatable bonds is 3. The van der Waals surface area contributed by atoms with Crippen molar-refractivity contribution in [1.29, 1.82) is 0 Å². The molecular weight excluding hydrogens is 297 g/mol. The highest BCUT2D eigenvalue weighted by Crippen LogP contribution is 2.33. The molecule has 0 aliphatic carbocycles. The maximum Gasteiger partial charge on any atom is 0.274 e. The predicted molar refractivity (Wildman–Crippen MR) is 83.4 cm³/mol. The molecule has 0 unspecified atom stereocenters. The SMILES string of the molecule is CC(C)n1cnc(C(=O)N2C[C@H](O)C[C@H]2c2cccc(F)c2)c1. The molecule has 1 aliphatic heterocycles. The molecular formula is C17H20FN3O2. The minimum absolute atomic E-state index is 0.215. The van der Waals surface area contributed by atoms with Gasteiger partial charge in [-0.25, -0.2) is 9.37 Å². The third-order valence-electron chi connectivity index (χ3n) is 4.19. The number of carbonyl (C=O) groups excluding carboxylic acids is 1. The van der Waals surface area contributed by atoms with Crippen LogP contribution in [0.15, 0.2) is 36.8 Å². The van der Waals surface area contributed by atoms with Gasteiger partial charge in [0.1, 0.15) is 11.5 Å². The summed E-state index contributed by atoms with van der Waals surface area (Å²) in [5, 5.41) is 9.98. The van der Waals surface area contributed by atoms with Crippen molar-refractivity contribution in [3.05, 3.63) is 53.9 Å². The van der Waals surface area contributed by atoms with Crippen LogP contribution >= 0.6 is 0 Å². The number of benzene rings is 1. The molecule has 1 aliphatic rings. The summed E-state index contributed by atoms with van der Waals surface area (Å²) in [6.07, 6.45) is 3.13. The topological polar surface area (TPSA) is 58.4 Å². The van der Waals surface area contributed by atoms with E-state index in [9.17, 15) is 14.3 Å². The van der Waals surface area contributed by atoms with Gasteiger partial charge in [0.25, 0.3) is 5.91 Å². The van der Waals surface area contributed by atoms with E-state index in [1.807, 2.05) is 18.4 Å². The van der Waals surface area contributed by atoms with Crippen LogP contribution in [-0.2, 0) is 0 Å². The van der Waals surface area contributed by atoms with Gasteiger partial charge in [-0.1, -0.05) is 12.1 Å². The number of aromatic nitrogens is 2. The van der Waals surface area contributed by atoms with Gasteiger partial charge in [-0.05, 0) is 38.0 Å². The lowest BCUT2D eigenvalue weighted by molar-refractivity contribution is 0.0710. The standard InChI is InChI=1S/C17H20FN3O2/c1-11(2)20-9-15(19-10-20)17(23)21-8-14(22)7-16(21)12-4-3-5-13(18)6-12/h3-6,9-11,14,16,22H,7-8H2,1-2H3/t14-,16+/m1/s1. The fourth-order valence-electron chi connectivity index (χ4n) is 2.94. The number of halogens is 1. The molecule has 23 heavy (non-hydrogen) atoms. The lowest BCUT2D eigenvalue weighted by atomic mass is 10.0. The fraction of sp³-hybridized carbons (Fsp3) is 0.412. The molecule has 0 spiro atoms. The number of aliphatic hydroxyl groups is 1. The van der Waals surface area contributed by atoms with Crippen LogP contribution in [0, 0.1) is 5.82 Å². The largest absolute Gasteiger partial charge is 0.391 e. The molecule has 5 nitrogen and oxygen atoms in total. The Hall–Kier alpha value is -2.21. The summed E-state index contributed by atoms with van der Waals surface area (Å²) in [6, 6.07) is 6.05. The first-order valence-electron chi connectivity index (χ1n) is 7.73. The van der Waals surface area contributed by atoms with Crippen molar-refractivity contribution in [1.82, 2.24) is 14.5 Å². The third kappa shape index (κ3) is 3.12. The Kier molecular flexibility index (Phi) is 4.17. The van der Waals surface area contributed by atoms with Crippen LogP contribution in [0.5, 0.6) is 0 Å². The van der Waals surface area contributed by atoms with Gasteiger partial charge in [0.05, 0.1) is 18.5 Å². The number of hydrogen-bond acceptors (Lipinski definition) is 3. The first kappa shape index (κ1) is 15.7. The van der Waals surface area contributed by atoms with Crippen molar-refractivity contribution in [3.8, 4) is 0 Å². The quantitative estimate of drug-likeness (QED) is 0.946. The number of likely N-dealkylation sites (tertiary alicyclic amines) is 1. The van der Waals surface area contributed by atoms with Crippen molar-refractivity contribution >= 4 is 5.91 Å². The fourth-order valence-corrected chi connectivity index (χ4v) is 2.94. The smallest absolute Gasteiger partial charge is 0.274 e. The van der Waals surface area contributed by atoms with Crippen LogP contribution in [0.4, 0.5) is 4.39 Å². The minimum Gasteiger partial charge on any atom is -0.391 e. The van der Waals surface area contributed by atoms with Crippen molar-refractivity contribution < 1.29 is 14.3 Å². The van der Waals surface area contributed by atoms with Crippen LogP contribution in [0.1, 0.15) is 48.4 Å². The summed E-state index contributed by atoms with van der Waals surface area (Å²) < 4.78 is 15.3. The molecule has 0 bridgehead atoms. The van der Waals surface area contributed by atoms with Crippen molar-refractivity contribution in [3.63, 3.8) is 0 Å². The number of imidazole rings is 1. The lowest BCUT2D eigenvalue weighted by Crippen LogP contribution is -2.32. The Morgan fingerprint density at radius 3 is 2.87 bits per heavy atom. The van der Waals surface area contributed by atoms with Crippen LogP contribution in [-0.4, -0.2) is 38.1 Å². The van der Waals surface area contributed by atoms with Gasteiger partial charge in [-0.3, -0.25) is 4.79 Å². The number of hydrogen-bond donors (Lipinski definition) is 1. The number of amides is 1. The molecule has 1 aromatic heterocycles. The molecule has 1 N–H and O–H groups in total. The summed E-state index contributed by atoms with van der Waals surface area (Å²) in [4.78, 5) is 18.5. The second-order valence-corrected chi connectivity index (χ2v) is 6.22. The van der Waals surface area contributed by atoms with Crippen molar-refractivity contribution in [2.45, 2.75) is 38.5 Å². The molecule has 6 heteroatoms. The van der Waals surface area contributed by atoms with Gasteiger partial charge in [0.2, 0.25) is 0 Å². The average Bonchev–Trinajstić information content (AvgIpc) is 3.13. The van der Waals surface area contributed by atoms with E-state index < -0.39 is 6.10 Å². The third-order valence-corrected chi connectivity index (χ3v) is 4.19. The molecule has 1 amide bonds. The molecule has 0 radical (unpaired) electrons. The van der Waals surface area contributed by atoms with Crippen molar-refractivity contribution in [2.75, 3.05) is 6.54 Å². The predicted octanol–water partition coefficient (Wildman–Crippen LogP) is 2.55. The molecule has 3 rings (SSSR count). The second kappa shape index (κ2) is 6.12. The van der Waals surface area contributed by atoms with E-state index in [0.29, 0.717) is 17.7 Å². The summed E-state index contributed by atoms with van der Waals surface area (Å²) in [6.45, 7) is 4.24. The molecule has 1 aromatic carbocycles. The number of carbonyl (C=O) groups is 1. The van der Waals surface area contributed by atoms with Gasteiger partial charge in [0.15, 0.2) is 0 Å². The Morgan fingerprint density at radius 1 is 1.43 bits per heavy atom. The van der Waals surface area contributed by atoms with Crippen LogP contribution in [0.3, 0.4) is 0 Å². The van der Waals surface area contributed by atoms with E-state index in [1.54, 1.807) is 29.6 Å². The average molecular weight is 317 g/mol. The van der Waals surface area contributed by atoms with E-state index in [4.69, 9.17) is 0 Å². The second-order valence-electron chi connectivity index (χ2n) is 6.22. The Labute approximate surface area is 134 Å². The minimum atomic E-state index is -0.612. The Balaban J connectivity index is 1.88. The first-order chi connectivity index (χ1) is 11.0. The zero-order valence-electron chi connectivity index (χ0n) is 13.2. The zero-order chi connectivity index (χ0) is 16.6. The van der Waals surface area contributed by atoms with E-state index >= 15 is 0 Å². The van der Waals surface area contributed by atoms with E-state index in [1.165, 1.54) is 12.1 Å². The van der Waals surface area contributed by atoms with Crippen molar-refractivity contribution in [2.24, 2.45) is 0 Å². The van der Waals surface area contributed by atoms with E-state index in [0.717, 1.165) is 0 Å². The highest BCUT2D eigenvalue weighted by Gasteiger charge is 2.36. The summed E-state index contributed by atoms with van der Waals surface area (Å²) in [5.74, 6) is -0.587. The molecule has 1 saturated heterocycles. The van der Waals surface area contributed by atoms with Crippen LogP contribution < -0.4 is 0 Å². The normalized spacial score (nSPS) is 21.2. The van der Waals surface area contributed by atoms with Gasteiger partial charge in [-0.15, -0.1) is 0 Å². The molecule has 122 valence electrons. The van der Waals surface area contributed by atoms with Gasteiger partial charge >= 0.3 is 0 Å². The molecule has 2 aromatic rings. The summed E-state index contributed by atoms with van der Waals surface area (Å²) >= 11 is 0. The van der Waals surface area contributed by atoms with E-state index in [-0.39, 0.29) is 30.4 Å². The molecule has 2 atom stereocenters. The number of nitrogens with zero attached hydrogens (tertiary/aromatic N) is 3. The molecule has 2 heterocycles. The number of β-amino-alcohol motifs (C(OH)–C–C–N with tert-alkyl or cyclic N) is 1. The molecule has 0 saturated carbocycles. The maximum absolute atomic E-state index is 13.5. The summed E-state index contributed by atoms with van der Waals surface area (Å²) in [7, 11) is 0. The lowest BCUT2D eigenvalue weighted by Gasteiger charge is -2.24. The summed E-state index contributed by atoms with van der Waals surface area (Å²) in [5.41, 5.74) is 1.03. The Morgan fingerprint density at radius 2 is 2.22 bits per heavy atom. The monoisotopic (exact) mass is 317 g/mol. The highest BCUT2D eigenvalue weighted by atomic mass is 19.1. The van der Waals surface area contributed by atoms with Gasteiger partial charge in [-0.2, -0.15) is 0 Å². The van der Waals surface area contributed by atoms with Crippen LogP contribution in [0.25, 0.3) is 0 Å². The van der Waals surface area contributed by atoms with Gasteiger partial charge in [0, 0.05) is 18.8 Å². The maximum atomic E-state index is 13.5. The Bertz CT molecular complexity index is 713. The highest BCUT2D eigenvalue weighted by molar-refractivity contribution is 5.92. The first-order valence-corrected chi connectivity index (χ1v) is 7.73.